The zero-order valence-electron chi connectivity index (χ0n) is 18.5. The zero-order chi connectivity index (χ0) is 23.1. The van der Waals surface area contributed by atoms with Crippen LogP contribution in [0.1, 0.15) is 11.1 Å². The number of hydrogen-bond donors (Lipinski definition) is 0. The smallest absolute Gasteiger partial charge is 0.236 e. The quantitative estimate of drug-likeness (QED) is 0.601. The molecule has 0 spiro atoms. The van der Waals surface area contributed by atoms with Gasteiger partial charge < -0.3 is 19.1 Å². The number of benzene rings is 2. The molecule has 1 saturated heterocycles. The minimum atomic E-state index is -3.55. The van der Waals surface area contributed by atoms with Crippen molar-refractivity contribution >= 4 is 22.0 Å². The Kier molecular flexibility index (Phi) is 7.76. The number of sulfonamides is 1. The lowest BCUT2D eigenvalue weighted by Gasteiger charge is -2.33. The van der Waals surface area contributed by atoms with E-state index in [1.54, 1.807) is 23.1 Å². The number of carbonyl (C=O) groups excluding carboxylic acids is 1. The third-order valence-electron chi connectivity index (χ3n) is 5.26. The van der Waals surface area contributed by atoms with Gasteiger partial charge in [-0.3, -0.25) is 4.79 Å². The van der Waals surface area contributed by atoms with Crippen LogP contribution in [0.3, 0.4) is 0 Å². The molecule has 1 fully saturated rings. The summed E-state index contributed by atoms with van der Waals surface area (Å²) in [5.41, 5.74) is 1.54. The minimum absolute atomic E-state index is 0.0869. The monoisotopic (exact) mass is 460 g/mol. The summed E-state index contributed by atoms with van der Waals surface area (Å²) in [4.78, 5) is 14.5. The Morgan fingerprint density at radius 2 is 1.53 bits per heavy atom. The molecule has 172 valence electrons. The maximum atomic E-state index is 12.8. The van der Waals surface area contributed by atoms with E-state index in [9.17, 15) is 13.2 Å². The Morgan fingerprint density at radius 1 is 0.938 bits per heavy atom. The number of ether oxygens (including phenoxy) is 3. The second kappa shape index (κ2) is 10.5. The average molecular weight is 461 g/mol. The first-order chi connectivity index (χ1) is 15.4. The van der Waals surface area contributed by atoms with Crippen molar-refractivity contribution in [3.63, 3.8) is 0 Å². The molecule has 2 aromatic carbocycles. The number of hydrogen-bond acceptors (Lipinski definition) is 6. The predicted molar refractivity (Wildman–Crippen MR) is 122 cm³/mol. The maximum absolute atomic E-state index is 12.8. The van der Waals surface area contributed by atoms with Crippen molar-refractivity contribution in [1.29, 1.82) is 0 Å². The Labute approximate surface area is 189 Å². The van der Waals surface area contributed by atoms with Crippen molar-refractivity contribution in [3.8, 4) is 17.2 Å². The Balaban J connectivity index is 1.61. The summed E-state index contributed by atoms with van der Waals surface area (Å²) >= 11 is 0. The van der Waals surface area contributed by atoms with Crippen molar-refractivity contribution in [1.82, 2.24) is 9.21 Å². The van der Waals surface area contributed by atoms with E-state index >= 15 is 0 Å². The Morgan fingerprint density at radius 3 is 2.06 bits per heavy atom. The third kappa shape index (κ3) is 5.60. The predicted octanol–water partition coefficient (Wildman–Crippen LogP) is 2.40. The second-order valence-electron chi connectivity index (χ2n) is 7.25. The van der Waals surface area contributed by atoms with Gasteiger partial charge in [-0.05, 0) is 29.3 Å². The SMILES string of the molecule is COc1cc(CC(=O)N2CCN(S(=O)(=O)/C=C/c3ccccc3)CC2)cc(OC)c1OC. The number of piperazine rings is 1. The summed E-state index contributed by atoms with van der Waals surface area (Å²) in [6.45, 7) is 1.17. The second-order valence-corrected chi connectivity index (χ2v) is 9.07. The number of carbonyl (C=O) groups is 1. The highest BCUT2D eigenvalue weighted by molar-refractivity contribution is 7.92. The molecule has 0 aromatic heterocycles. The molecule has 3 rings (SSSR count). The van der Waals surface area contributed by atoms with Gasteiger partial charge in [0.15, 0.2) is 11.5 Å². The van der Waals surface area contributed by atoms with Gasteiger partial charge in [-0.15, -0.1) is 0 Å². The average Bonchev–Trinajstić information content (AvgIpc) is 2.82. The Bertz CT molecular complexity index is 1040. The van der Waals surface area contributed by atoms with Crippen molar-refractivity contribution in [2.24, 2.45) is 0 Å². The fourth-order valence-electron chi connectivity index (χ4n) is 3.53. The van der Waals surface area contributed by atoms with Gasteiger partial charge in [0.25, 0.3) is 0 Å². The van der Waals surface area contributed by atoms with Crippen LogP contribution in [0.4, 0.5) is 0 Å². The topological polar surface area (TPSA) is 85.4 Å². The molecule has 0 saturated carbocycles. The molecule has 0 N–H and O–H groups in total. The van der Waals surface area contributed by atoms with Crippen LogP contribution in [0.15, 0.2) is 47.9 Å². The largest absolute Gasteiger partial charge is 0.493 e. The van der Waals surface area contributed by atoms with E-state index in [-0.39, 0.29) is 25.4 Å². The van der Waals surface area contributed by atoms with Gasteiger partial charge in [0, 0.05) is 31.6 Å². The van der Waals surface area contributed by atoms with E-state index in [0.717, 1.165) is 11.1 Å². The molecule has 1 aliphatic heterocycles. The molecule has 32 heavy (non-hydrogen) atoms. The fourth-order valence-corrected chi connectivity index (χ4v) is 4.70. The summed E-state index contributed by atoms with van der Waals surface area (Å²) in [6, 6.07) is 12.7. The van der Waals surface area contributed by atoms with E-state index in [4.69, 9.17) is 14.2 Å². The van der Waals surface area contributed by atoms with Gasteiger partial charge >= 0.3 is 0 Å². The van der Waals surface area contributed by atoms with Crippen LogP contribution in [0.25, 0.3) is 6.08 Å². The van der Waals surface area contributed by atoms with Gasteiger partial charge in [-0.2, -0.15) is 4.31 Å². The normalized spacial score (nSPS) is 15.0. The van der Waals surface area contributed by atoms with E-state index < -0.39 is 10.0 Å². The van der Waals surface area contributed by atoms with E-state index in [1.165, 1.54) is 31.0 Å². The molecule has 9 heteroatoms. The molecule has 0 atom stereocenters. The zero-order valence-corrected chi connectivity index (χ0v) is 19.3. The lowest BCUT2D eigenvalue weighted by Crippen LogP contribution is -2.50. The number of amides is 1. The molecule has 0 unspecified atom stereocenters. The first-order valence-corrected chi connectivity index (χ1v) is 11.7. The lowest BCUT2D eigenvalue weighted by atomic mass is 10.1. The third-order valence-corrected chi connectivity index (χ3v) is 6.83. The van der Waals surface area contributed by atoms with Crippen molar-refractivity contribution < 1.29 is 27.4 Å². The first-order valence-electron chi connectivity index (χ1n) is 10.2. The first kappa shape index (κ1) is 23.6. The summed E-state index contributed by atoms with van der Waals surface area (Å²) in [5.74, 6) is 1.34. The highest BCUT2D eigenvalue weighted by atomic mass is 32.2. The fraction of sp³-hybridized carbons (Fsp3) is 0.348. The molecule has 0 bridgehead atoms. The Hall–Kier alpha value is -3.04. The summed E-state index contributed by atoms with van der Waals surface area (Å²) < 4.78 is 42.6. The van der Waals surface area contributed by atoms with Crippen LogP contribution in [-0.2, 0) is 21.2 Å². The highest BCUT2D eigenvalue weighted by Crippen LogP contribution is 2.38. The van der Waals surface area contributed by atoms with E-state index in [1.807, 2.05) is 30.3 Å². The summed E-state index contributed by atoms with van der Waals surface area (Å²) in [7, 11) is 1.02. The van der Waals surface area contributed by atoms with Crippen LogP contribution < -0.4 is 14.2 Å². The summed E-state index contributed by atoms with van der Waals surface area (Å²) in [6.07, 6.45) is 1.73. The summed E-state index contributed by atoms with van der Waals surface area (Å²) in [5, 5.41) is 1.22. The molecule has 1 heterocycles. The molecule has 0 aliphatic carbocycles. The lowest BCUT2D eigenvalue weighted by molar-refractivity contribution is -0.131. The van der Waals surface area contributed by atoms with Gasteiger partial charge in [0.05, 0.1) is 27.8 Å². The van der Waals surface area contributed by atoms with Crippen molar-refractivity contribution in [2.45, 2.75) is 6.42 Å². The van der Waals surface area contributed by atoms with Crippen LogP contribution in [0.2, 0.25) is 0 Å². The van der Waals surface area contributed by atoms with Crippen LogP contribution in [-0.4, -0.2) is 71.0 Å². The molecule has 1 aliphatic rings. The number of nitrogens with zero attached hydrogens (tertiary/aromatic N) is 2. The standard InChI is InChI=1S/C23H28N2O6S/c1-29-20-15-19(16-21(30-2)23(20)31-3)17-22(26)24-10-12-25(13-11-24)32(27,28)14-9-18-7-5-4-6-8-18/h4-9,14-16H,10-13,17H2,1-3H3/b14-9+. The minimum Gasteiger partial charge on any atom is -0.493 e. The van der Waals surface area contributed by atoms with E-state index in [2.05, 4.69) is 0 Å². The van der Waals surface area contributed by atoms with Crippen LogP contribution >= 0.6 is 0 Å². The molecule has 2 aromatic rings. The molecule has 8 nitrogen and oxygen atoms in total. The maximum Gasteiger partial charge on any atom is 0.236 e. The van der Waals surface area contributed by atoms with Gasteiger partial charge in [-0.25, -0.2) is 8.42 Å². The molecular weight excluding hydrogens is 432 g/mol. The van der Waals surface area contributed by atoms with Gasteiger partial charge in [-0.1, -0.05) is 30.3 Å². The van der Waals surface area contributed by atoms with Crippen LogP contribution in [0, 0.1) is 0 Å². The van der Waals surface area contributed by atoms with E-state index in [0.29, 0.717) is 30.3 Å². The molecular formula is C23H28N2O6S. The molecule has 1 amide bonds. The molecule has 0 radical (unpaired) electrons. The van der Waals surface area contributed by atoms with Crippen molar-refractivity contribution in [3.05, 3.63) is 59.0 Å². The number of rotatable bonds is 8. The number of methoxy groups -OCH3 is 3. The van der Waals surface area contributed by atoms with Crippen molar-refractivity contribution in [2.75, 3.05) is 47.5 Å². The highest BCUT2D eigenvalue weighted by Gasteiger charge is 2.27. The van der Waals surface area contributed by atoms with Crippen LogP contribution in [0.5, 0.6) is 17.2 Å². The van der Waals surface area contributed by atoms with Gasteiger partial charge in [0.1, 0.15) is 0 Å². The van der Waals surface area contributed by atoms with Gasteiger partial charge in [0.2, 0.25) is 21.7 Å².